The van der Waals surface area contributed by atoms with Gasteiger partial charge in [-0.15, -0.1) is 0 Å². The summed E-state index contributed by atoms with van der Waals surface area (Å²) in [6.45, 7) is 0. The number of carbonyl (C=O) groups excluding carboxylic acids is 1. The molecule has 0 heterocycles. The molecule has 3 aromatic carbocycles. The molecule has 0 unspecified atom stereocenters. The topological polar surface area (TPSA) is 62.1 Å². The third-order valence-corrected chi connectivity index (χ3v) is 4.99. The molecule has 0 spiro atoms. The van der Waals surface area contributed by atoms with E-state index in [2.05, 4.69) is 10.1 Å². The zero-order valence-electron chi connectivity index (χ0n) is 18.4. The fourth-order valence-electron chi connectivity index (χ4n) is 3.28. The number of carbonyl (C=O) groups is 1. The van der Waals surface area contributed by atoms with Crippen LogP contribution in [-0.4, -0.2) is 18.4 Å². The van der Waals surface area contributed by atoms with Crippen LogP contribution in [0.3, 0.4) is 0 Å². The van der Waals surface area contributed by atoms with Gasteiger partial charge in [-0.25, -0.2) is 13.2 Å². The smallest absolute Gasteiger partial charge is 0.428 e. The predicted molar refractivity (Wildman–Crippen MR) is 110 cm³/mol. The van der Waals surface area contributed by atoms with Crippen LogP contribution in [0.1, 0.15) is 38.7 Å². The van der Waals surface area contributed by atoms with Gasteiger partial charge < -0.3 is 10.1 Å². The van der Waals surface area contributed by atoms with Crippen LogP contribution >= 0.6 is 0 Å². The summed E-state index contributed by atoms with van der Waals surface area (Å²) in [5.41, 5.74) is -3.76. The highest BCUT2D eigenvalue weighted by atomic mass is 19.4. The van der Waals surface area contributed by atoms with Crippen LogP contribution in [0.2, 0.25) is 0 Å². The maximum atomic E-state index is 14.3. The van der Waals surface area contributed by atoms with Crippen molar-refractivity contribution in [2.24, 2.45) is 0 Å². The molecule has 0 aliphatic heterocycles. The molecule has 0 aliphatic rings. The van der Waals surface area contributed by atoms with E-state index < -0.39 is 76.1 Å². The number of nitriles is 1. The van der Waals surface area contributed by atoms with Crippen LogP contribution in [0.4, 0.5) is 43.9 Å². The highest BCUT2D eigenvalue weighted by Gasteiger charge is 2.44. The first-order chi connectivity index (χ1) is 17.6. The van der Waals surface area contributed by atoms with Crippen molar-refractivity contribution in [3.05, 3.63) is 99.9 Å². The van der Waals surface area contributed by atoms with E-state index in [0.29, 0.717) is 30.3 Å². The van der Waals surface area contributed by atoms with Crippen LogP contribution < -0.4 is 10.1 Å². The van der Waals surface area contributed by atoms with Crippen molar-refractivity contribution >= 4 is 5.91 Å². The molecule has 0 saturated carbocycles. The maximum Gasteiger partial charge on any atom is 0.461 e. The first-order valence-electron chi connectivity index (χ1n) is 10.1. The Balaban J connectivity index is 2.11. The zero-order chi connectivity index (χ0) is 28.4. The van der Waals surface area contributed by atoms with Gasteiger partial charge in [0.25, 0.3) is 5.91 Å². The standard InChI is InChI=1S/C24H12F10N2O2/c25-15-6-13(7-16(9-15)38-24(33,34)22(28)29)20(11-1-3-18(26)14(5-11)10-35)36-21(37)12-2-4-19(27)17(8-12)23(30,31)32/h1-9,20,22H,(H,36,37)/t20-/m1/s1. The van der Waals surface area contributed by atoms with Gasteiger partial charge >= 0.3 is 18.7 Å². The Morgan fingerprint density at radius 1 is 0.868 bits per heavy atom. The summed E-state index contributed by atoms with van der Waals surface area (Å²) in [5, 5.41) is 11.3. The molecule has 1 amide bonds. The first-order valence-corrected chi connectivity index (χ1v) is 10.1. The summed E-state index contributed by atoms with van der Waals surface area (Å²) in [7, 11) is 0. The zero-order valence-corrected chi connectivity index (χ0v) is 18.4. The molecular formula is C24H12F10N2O2. The van der Waals surface area contributed by atoms with Gasteiger partial charge in [0, 0.05) is 11.6 Å². The second-order valence-electron chi connectivity index (χ2n) is 7.63. The van der Waals surface area contributed by atoms with Gasteiger partial charge in [-0.1, -0.05) is 6.07 Å². The average Bonchev–Trinajstić information content (AvgIpc) is 2.81. The minimum absolute atomic E-state index is 0.177. The SMILES string of the molecule is N#Cc1cc([C@@H](NC(=O)c2ccc(F)c(C(F)(F)F)c2)c2cc(F)cc(OC(F)(F)C(F)F)c2)ccc1F. The molecule has 0 aromatic heterocycles. The van der Waals surface area contributed by atoms with E-state index in [0.717, 1.165) is 18.2 Å². The van der Waals surface area contributed by atoms with Crippen LogP contribution in [0, 0.1) is 28.8 Å². The van der Waals surface area contributed by atoms with E-state index in [1.807, 2.05) is 0 Å². The first kappa shape index (κ1) is 28.3. The summed E-state index contributed by atoms with van der Waals surface area (Å²) in [5.74, 6) is -6.45. The summed E-state index contributed by atoms with van der Waals surface area (Å²) < 4.78 is 137. The molecule has 38 heavy (non-hydrogen) atoms. The minimum atomic E-state index is -5.18. The summed E-state index contributed by atoms with van der Waals surface area (Å²) in [6, 6.07) is 5.21. The van der Waals surface area contributed by atoms with E-state index in [9.17, 15) is 48.7 Å². The Kier molecular flexibility index (Phi) is 7.90. The number of nitrogens with zero attached hydrogens (tertiary/aromatic N) is 1. The number of alkyl halides is 7. The number of hydrogen-bond acceptors (Lipinski definition) is 3. The molecule has 3 aromatic rings. The van der Waals surface area contributed by atoms with Crippen molar-refractivity contribution in [1.29, 1.82) is 5.26 Å². The monoisotopic (exact) mass is 550 g/mol. The Labute approximate surface area is 207 Å². The molecule has 1 N–H and O–H groups in total. The Morgan fingerprint density at radius 3 is 2.13 bits per heavy atom. The van der Waals surface area contributed by atoms with Gasteiger partial charge in [-0.2, -0.15) is 36.0 Å². The van der Waals surface area contributed by atoms with Crippen molar-refractivity contribution in [2.75, 3.05) is 0 Å². The van der Waals surface area contributed by atoms with Gasteiger partial charge in [-0.05, 0) is 53.6 Å². The number of rotatable bonds is 7. The molecule has 0 aliphatic carbocycles. The van der Waals surface area contributed by atoms with E-state index in [1.54, 1.807) is 0 Å². The fourth-order valence-corrected chi connectivity index (χ4v) is 3.28. The van der Waals surface area contributed by atoms with Crippen LogP contribution in [0.15, 0.2) is 54.6 Å². The highest BCUT2D eigenvalue weighted by molar-refractivity contribution is 5.95. The molecule has 0 radical (unpaired) electrons. The Morgan fingerprint density at radius 2 is 1.53 bits per heavy atom. The molecule has 3 rings (SSSR count). The predicted octanol–water partition coefficient (Wildman–Crippen LogP) is 6.75. The highest BCUT2D eigenvalue weighted by Crippen LogP contribution is 2.34. The Hall–Kier alpha value is -4.28. The van der Waals surface area contributed by atoms with Crippen molar-refractivity contribution in [3.63, 3.8) is 0 Å². The fraction of sp³-hybridized carbons (Fsp3) is 0.167. The average molecular weight is 550 g/mol. The molecule has 0 bridgehead atoms. The third kappa shape index (κ3) is 6.34. The van der Waals surface area contributed by atoms with E-state index >= 15 is 0 Å². The van der Waals surface area contributed by atoms with Crippen molar-refractivity contribution in [3.8, 4) is 11.8 Å². The lowest BCUT2D eigenvalue weighted by Gasteiger charge is -2.23. The normalized spacial score (nSPS) is 12.7. The van der Waals surface area contributed by atoms with E-state index in [1.165, 1.54) is 6.07 Å². The second kappa shape index (κ2) is 10.6. The van der Waals surface area contributed by atoms with Crippen LogP contribution in [-0.2, 0) is 6.18 Å². The number of nitrogens with one attached hydrogen (secondary N) is 1. The molecule has 4 nitrogen and oxygen atoms in total. The van der Waals surface area contributed by atoms with Gasteiger partial charge in [0.1, 0.15) is 29.3 Å². The van der Waals surface area contributed by atoms with Crippen molar-refractivity contribution in [2.45, 2.75) is 24.8 Å². The molecule has 1 atom stereocenters. The number of benzene rings is 3. The Bertz CT molecular complexity index is 1400. The van der Waals surface area contributed by atoms with E-state index in [4.69, 9.17) is 5.26 Å². The minimum Gasteiger partial charge on any atom is -0.428 e. The lowest BCUT2D eigenvalue weighted by Crippen LogP contribution is -2.33. The van der Waals surface area contributed by atoms with E-state index in [-0.39, 0.29) is 11.6 Å². The van der Waals surface area contributed by atoms with Crippen LogP contribution in [0.5, 0.6) is 5.75 Å². The summed E-state index contributed by atoms with van der Waals surface area (Å²) in [6.07, 6.45) is -14.5. The van der Waals surface area contributed by atoms with Crippen molar-refractivity contribution < 1.29 is 53.4 Å². The molecular weight excluding hydrogens is 538 g/mol. The lowest BCUT2D eigenvalue weighted by molar-refractivity contribution is -0.253. The lowest BCUT2D eigenvalue weighted by atomic mass is 9.96. The van der Waals surface area contributed by atoms with Crippen LogP contribution in [0.25, 0.3) is 0 Å². The number of hydrogen-bond donors (Lipinski definition) is 1. The largest absolute Gasteiger partial charge is 0.461 e. The molecule has 0 saturated heterocycles. The van der Waals surface area contributed by atoms with Gasteiger partial charge in [0.15, 0.2) is 0 Å². The molecule has 200 valence electrons. The van der Waals surface area contributed by atoms with Gasteiger partial charge in [-0.3, -0.25) is 4.79 Å². The number of halogens is 10. The quantitative estimate of drug-likeness (QED) is 0.331. The number of ether oxygens (including phenoxy) is 1. The molecule has 14 heteroatoms. The third-order valence-electron chi connectivity index (χ3n) is 4.99. The maximum absolute atomic E-state index is 14.3. The second-order valence-corrected chi connectivity index (χ2v) is 7.63. The summed E-state index contributed by atoms with van der Waals surface area (Å²) in [4.78, 5) is 12.8. The summed E-state index contributed by atoms with van der Waals surface area (Å²) >= 11 is 0. The van der Waals surface area contributed by atoms with Crippen molar-refractivity contribution in [1.82, 2.24) is 5.32 Å². The number of amides is 1. The van der Waals surface area contributed by atoms with Gasteiger partial charge in [0.05, 0.1) is 17.2 Å². The van der Waals surface area contributed by atoms with Gasteiger partial charge in [0.2, 0.25) is 0 Å². The molecule has 0 fully saturated rings.